The molecule has 0 heterocycles. The summed E-state index contributed by atoms with van der Waals surface area (Å²) < 4.78 is 10.6. The summed E-state index contributed by atoms with van der Waals surface area (Å²) >= 11 is 5.80. The lowest BCUT2D eigenvalue weighted by atomic mass is 10.1. The average Bonchev–Trinajstić information content (AvgIpc) is 2.84. The van der Waals surface area contributed by atoms with Crippen LogP contribution >= 0.6 is 11.6 Å². The maximum Gasteiger partial charge on any atom is 0.343 e. The molecule has 2 amide bonds. The van der Waals surface area contributed by atoms with Crippen LogP contribution < -0.4 is 20.2 Å². The molecule has 0 fully saturated rings. The van der Waals surface area contributed by atoms with Crippen molar-refractivity contribution in [3.05, 3.63) is 88.9 Å². The third-order valence-corrected chi connectivity index (χ3v) is 4.67. The Hall–Kier alpha value is -4.17. The molecule has 2 N–H and O–H groups in total. The third kappa shape index (κ3) is 6.41. The highest BCUT2D eigenvalue weighted by molar-refractivity contribution is 6.39. The van der Waals surface area contributed by atoms with E-state index >= 15 is 0 Å². The maximum absolute atomic E-state index is 12.6. The number of ether oxygens (including phenoxy) is 2. The number of amides is 2. The molecular weight excluding hydrogens is 446 g/mol. The number of nitrogens with zero attached hydrogens (tertiary/aromatic N) is 1. The molecule has 0 radical (unpaired) electrons. The highest BCUT2D eigenvalue weighted by atomic mass is 35.5. The molecule has 0 aromatic heterocycles. The molecule has 0 bridgehead atoms. The average molecular weight is 466 g/mol. The summed E-state index contributed by atoms with van der Waals surface area (Å²) in [6.07, 6.45) is 0. The first kappa shape index (κ1) is 23.5. The van der Waals surface area contributed by atoms with Crippen LogP contribution in [-0.2, 0) is 9.59 Å². The van der Waals surface area contributed by atoms with Gasteiger partial charge in [-0.2, -0.15) is 5.10 Å². The lowest BCUT2D eigenvalue weighted by Gasteiger charge is -2.10. The highest BCUT2D eigenvalue weighted by Crippen LogP contribution is 2.21. The summed E-state index contributed by atoms with van der Waals surface area (Å²) in [4.78, 5) is 36.7. The van der Waals surface area contributed by atoms with Crippen molar-refractivity contribution >= 4 is 40.8 Å². The van der Waals surface area contributed by atoms with Gasteiger partial charge in [-0.25, -0.2) is 10.2 Å². The number of para-hydroxylation sites is 1. The monoisotopic (exact) mass is 465 g/mol. The van der Waals surface area contributed by atoms with Gasteiger partial charge in [0.15, 0.2) is 0 Å². The Balaban J connectivity index is 1.68. The van der Waals surface area contributed by atoms with Gasteiger partial charge in [0, 0.05) is 16.3 Å². The lowest BCUT2D eigenvalue weighted by Crippen LogP contribution is -2.33. The minimum atomic E-state index is -0.963. The van der Waals surface area contributed by atoms with Gasteiger partial charge in [-0.05, 0) is 61.5 Å². The van der Waals surface area contributed by atoms with Crippen molar-refractivity contribution in [1.82, 2.24) is 5.43 Å². The summed E-state index contributed by atoms with van der Waals surface area (Å²) in [6.45, 7) is 1.61. The van der Waals surface area contributed by atoms with Crippen molar-refractivity contribution < 1.29 is 23.9 Å². The topological polar surface area (TPSA) is 106 Å². The maximum atomic E-state index is 12.6. The molecule has 0 unspecified atom stereocenters. The number of hydrogen-bond acceptors (Lipinski definition) is 6. The molecule has 0 saturated carbocycles. The predicted octanol–water partition coefficient (Wildman–Crippen LogP) is 4.05. The second-order valence-electron chi connectivity index (χ2n) is 6.72. The van der Waals surface area contributed by atoms with Crippen molar-refractivity contribution in [1.29, 1.82) is 0 Å². The number of rotatable bonds is 6. The molecular formula is C24H20ClN3O5. The Bertz CT molecular complexity index is 1210. The van der Waals surface area contributed by atoms with E-state index in [2.05, 4.69) is 15.8 Å². The molecule has 8 nitrogen and oxygen atoms in total. The molecule has 0 saturated heterocycles. The fourth-order valence-corrected chi connectivity index (χ4v) is 2.86. The number of methoxy groups -OCH3 is 1. The van der Waals surface area contributed by atoms with Gasteiger partial charge in [0.1, 0.15) is 11.5 Å². The minimum absolute atomic E-state index is 0.242. The van der Waals surface area contributed by atoms with Crippen LogP contribution in [0.5, 0.6) is 11.5 Å². The van der Waals surface area contributed by atoms with E-state index in [4.69, 9.17) is 21.1 Å². The van der Waals surface area contributed by atoms with Crippen LogP contribution in [0.4, 0.5) is 5.69 Å². The predicted molar refractivity (Wildman–Crippen MR) is 125 cm³/mol. The molecule has 0 aliphatic carbocycles. The van der Waals surface area contributed by atoms with Gasteiger partial charge in [0.2, 0.25) is 0 Å². The van der Waals surface area contributed by atoms with E-state index in [-0.39, 0.29) is 5.75 Å². The van der Waals surface area contributed by atoms with E-state index in [0.717, 1.165) is 0 Å². The fraction of sp³-hybridized carbons (Fsp3) is 0.0833. The van der Waals surface area contributed by atoms with Gasteiger partial charge in [0.25, 0.3) is 0 Å². The van der Waals surface area contributed by atoms with Crippen LogP contribution in [0.2, 0.25) is 5.02 Å². The van der Waals surface area contributed by atoms with Crippen molar-refractivity contribution in [2.75, 3.05) is 12.4 Å². The number of esters is 1. The van der Waals surface area contributed by atoms with Crippen LogP contribution in [0.3, 0.4) is 0 Å². The first-order valence-electron chi connectivity index (χ1n) is 9.74. The Kier molecular flexibility index (Phi) is 7.77. The van der Waals surface area contributed by atoms with Crippen LogP contribution in [0.1, 0.15) is 22.8 Å². The van der Waals surface area contributed by atoms with Gasteiger partial charge in [0.05, 0.1) is 18.4 Å². The molecule has 168 valence electrons. The smallest absolute Gasteiger partial charge is 0.343 e. The number of hydrogen-bond donors (Lipinski definition) is 2. The molecule has 0 spiro atoms. The fourth-order valence-electron chi connectivity index (χ4n) is 2.73. The molecule has 0 atom stereocenters. The lowest BCUT2D eigenvalue weighted by molar-refractivity contribution is -0.136. The number of anilines is 1. The van der Waals surface area contributed by atoms with Crippen molar-refractivity contribution in [2.45, 2.75) is 6.92 Å². The number of benzene rings is 3. The third-order valence-electron chi connectivity index (χ3n) is 4.42. The summed E-state index contributed by atoms with van der Waals surface area (Å²) in [5.74, 6) is -1.68. The van der Waals surface area contributed by atoms with Crippen molar-refractivity contribution in [3.8, 4) is 11.5 Å². The Morgan fingerprint density at radius 2 is 1.64 bits per heavy atom. The van der Waals surface area contributed by atoms with E-state index in [1.54, 1.807) is 79.7 Å². The first-order chi connectivity index (χ1) is 15.9. The van der Waals surface area contributed by atoms with E-state index in [9.17, 15) is 14.4 Å². The van der Waals surface area contributed by atoms with Gasteiger partial charge < -0.3 is 14.8 Å². The minimum Gasteiger partial charge on any atom is -0.497 e. The molecule has 0 aliphatic heterocycles. The van der Waals surface area contributed by atoms with Crippen molar-refractivity contribution in [3.63, 3.8) is 0 Å². The molecule has 3 aromatic rings. The summed E-state index contributed by atoms with van der Waals surface area (Å²) in [6, 6.07) is 19.6. The van der Waals surface area contributed by atoms with Crippen LogP contribution in [-0.4, -0.2) is 30.6 Å². The largest absolute Gasteiger partial charge is 0.497 e. The number of carbonyl (C=O) groups excluding carboxylic acids is 3. The van der Waals surface area contributed by atoms with Gasteiger partial charge in [-0.3, -0.25) is 9.59 Å². The zero-order valence-corrected chi connectivity index (χ0v) is 18.6. The normalized spacial score (nSPS) is 10.8. The van der Waals surface area contributed by atoms with Crippen LogP contribution in [0.25, 0.3) is 0 Å². The zero-order valence-electron chi connectivity index (χ0n) is 17.8. The Morgan fingerprint density at radius 1 is 0.909 bits per heavy atom. The number of hydrazone groups is 1. The Morgan fingerprint density at radius 3 is 2.36 bits per heavy atom. The summed E-state index contributed by atoms with van der Waals surface area (Å²) in [5.41, 5.74) is 3.71. The number of halogens is 1. The van der Waals surface area contributed by atoms with E-state index < -0.39 is 17.8 Å². The van der Waals surface area contributed by atoms with E-state index in [0.29, 0.717) is 33.3 Å². The van der Waals surface area contributed by atoms with Gasteiger partial charge >= 0.3 is 17.8 Å². The molecule has 0 aliphatic rings. The van der Waals surface area contributed by atoms with Crippen LogP contribution in [0, 0.1) is 0 Å². The van der Waals surface area contributed by atoms with Crippen LogP contribution in [0.15, 0.2) is 77.9 Å². The zero-order chi connectivity index (χ0) is 23.8. The van der Waals surface area contributed by atoms with Gasteiger partial charge in [-0.15, -0.1) is 0 Å². The highest BCUT2D eigenvalue weighted by Gasteiger charge is 2.16. The quantitative estimate of drug-likeness (QED) is 0.188. The summed E-state index contributed by atoms with van der Waals surface area (Å²) in [5, 5.41) is 6.91. The first-order valence-corrected chi connectivity index (χ1v) is 10.1. The molecule has 3 aromatic carbocycles. The van der Waals surface area contributed by atoms with E-state index in [1.165, 1.54) is 7.11 Å². The van der Waals surface area contributed by atoms with Crippen molar-refractivity contribution in [2.24, 2.45) is 5.10 Å². The number of carbonyl (C=O) groups is 3. The van der Waals surface area contributed by atoms with Gasteiger partial charge in [-0.1, -0.05) is 29.8 Å². The molecule has 9 heteroatoms. The molecule has 3 rings (SSSR count). The SMILES string of the molecule is COc1cccc(C(=O)Oc2ccccc2/C(C)=N/NC(=O)C(=O)Nc2ccc(Cl)cc2)c1. The van der Waals surface area contributed by atoms with E-state index in [1.807, 2.05) is 0 Å². The second-order valence-corrected chi connectivity index (χ2v) is 7.15. The molecule has 33 heavy (non-hydrogen) atoms. The second kappa shape index (κ2) is 10.9. The Labute approximate surface area is 195 Å². The standard InChI is InChI=1S/C24H20ClN3O5/c1-15(27-28-23(30)22(29)26-18-12-10-17(25)11-13-18)20-8-3-4-9-21(20)33-24(31)16-6-5-7-19(14-16)32-2/h3-14H,1-2H3,(H,26,29)(H,28,30)/b27-15+. The number of nitrogens with one attached hydrogen (secondary N) is 2. The summed E-state index contributed by atoms with van der Waals surface area (Å²) in [7, 11) is 1.50.